The van der Waals surface area contributed by atoms with Crippen molar-refractivity contribution in [3.8, 4) is 17.1 Å². The number of amides is 1. The van der Waals surface area contributed by atoms with Crippen LogP contribution in [0.2, 0.25) is 0 Å². The first-order valence-corrected chi connectivity index (χ1v) is 16.0. The van der Waals surface area contributed by atoms with E-state index in [0.29, 0.717) is 17.2 Å². The van der Waals surface area contributed by atoms with E-state index in [2.05, 4.69) is 29.5 Å². The van der Waals surface area contributed by atoms with Crippen molar-refractivity contribution >= 4 is 34.9 Å². The molecule has 1 aliphatic heterocycles. The molecule has 0 radical (unpaired) electrons. The first-order chi connectivity index (χ1) is 21.3. The van der Waals surface area contributed by atoms with Gasteiger partial charge in [-0.3, -0.25) is 9.78 Å². The Balaban J connectivity index is 1.22. The Hall–Kier alpha value is -3.73. The summed E-state index contributed by atoms with van der Waals surface area (Å²) < 4.78 is 13.7. The number of aryl methyl sites for hydroxylation is 1. The zero-order chi connectivity index (χ0) is 31.1. The number of ether oxygens (including phenoxy) is 1. The van der Waals surface area contributed by atoms with Crippen LogP contribution < -0.4 is 14.8 Å². The Labute approximate surface area is 264 Å². The highest BCUT2D eigenvalue weighted by molar-refractivity contribution is 7.92. The van der Waals surface area contributed by atoms with Gasteiger partial charge in [-0.15, -0.1) is 0 Å². The summed E-state index contributed by atoms with van der Waals surface area (Å²) in [5.41, 5.74) is 4.59. The third kappa shape index (κ3) is 7.67. The average Bonchev–Trinajstić information content (AvgIpc) is 3.53. The zero-order valence-corrected chi connectivity index (χ0v) is 27.0. The molecule has 5 rings (SSSR count). The molecule has 2 unspecified atom stereocenters. The van der Waals surface area contributed by atoms with Crippen molar-refractivity contribution in [3.63, 3.8) is 0 Å². The van der Waals surface area contributed by atoms with E-state index in [1.807, 2.05) is 67.8 Å². The van der Waals surface area contributed by atoms with Crippen LogP contribution in [0.5, 0.6) is 5.75 Å². The van der Waals surface area contributed by atoms with Crippen molar-refractivity contribution in [1.29, 1.82) is 0 Å². The molecule has 4 heterocycles. The number of anilines is 1. The normalized spacial score (nSPS) is 17.1. The van der Waals surface area contributed by atoms with Crippen molar-refractivity contribution in [2.75, 3.05) is 32.6 Å². The molecule has 10 heteroatoms. The molecule has 3 aromatic heterocycles. The highest BCUT2D eigenvalue weighted by Gasteiger charge is 2.38. The van der Waals surface area contributed by atoms with Crippen LogP contribution in [0.3, 0.4) is 0 Å². The van der Waals surface area contributed by atoms with Gasteiger partial charge in [-0.2, -0.15) is 0 Å². The second kappa shape index (κ2) is 14.4. The molecule has 1 fully saturated rings. The molecule has 1 saturated heterocycles. The van der Waals surface area contributed by atoms with Crippen molar-refractivity contribution in [1.82, 2.24) is 24.6 Å². The van der Waals surface area contributed by atoms with Crippen LogP contribution in [0.1, 0.15) is 61.1 Å². The lowest BCUT2D eigenvalue weighted by Crippen LogP contribution is -2.36. The Morgan fingerprint density at radius 1 is 1.14 bits per heavy atom. The lowest BCUT2D eigenvalue weighted by Gasteiger charge is -2.34. The number of benzene rings is 1. The largest absolute Gasteiger partial charge is 0.409 e. The third-order valence-electron chi connectivity index (χ3n) is 8.31. The summed E-state index contributed by atoms with van der Waals surface area (Å²) in [7, 11) is 3.79. The van der Waals surface area contributed by atoms with E-state index in [1.54, 1.807) is 18.3 Å². The van der Waals surface area contributed by atoms with Crippen LogP contribution in [-0.2, 0) is 11.3 Å². The number of rotatable bonds is 13. The van der Waals surface area contributed by atoms with E-state index in [0.717, 1.165) is 78.2 Å². The number of hydrogen-bond donors (Lipinski definition) is 2. The van der Waals surface area contributed by atoms with Gasteiger partial charge in [0.15, 0.2) is 0 Å². The van der Waals surface area contributed by atoms with Gasteiger partial charge in [-0.05, 0) is 86.6 Å². The molecule has 2 atom stereocenters. The standard InChI is InChI=1S/C34H42N6O3S/c1-6-34(16-8-18-42-34)24(3)15-17-35-32-10-7-9-28(39-32)29-14-13-26-21-36-27(20-30(26)38-29)22-37-33(41)25-12-11-23(2)31(19-25)43-44-40(4)5/h7,9-14,19-21,24H,6,8,15-18,22H2,1-5H3,(H,35,39)(H,37,41). The Bertz CT molecular complexity index is 1590. The van der Waals surface area contributed by atoms with Gasteiger partial charge >= 0.3 is 0 Å². The number of aromatic nitrogens is 3. The van der Waals surface area contributed by atoms with Gasteiger partial charge in [0.1, 0.15) is 23.8 Å². The van der Waals surface area contributed by atoms with Gasteiger partial charge in [-0.1, -0.05) is 26.0 Å². The number of nitrogens with zero attached hydrogens (tertiary/aromatic N) is 4. The van der Waals surface area contributed by atoms with E-state index < -0.39 is 0 Å². The molecule has 9 nitrogen and oxygen atoms in total. The minimum atomic E-state index is -0.197. The fraction of sp³-hybridized carbons (Fsp3) is 0.412. The lowest BCUT2D eigenvalue weighted by molar-refractivity contribution is -0.0428. The molecule has 2 N–H and O–H groups in total. The first kappa shape index (κ1) is 31.7. The molecular weight excluding hydrogens is 572 g/mol. The highest BCUT2D eigenvalue weighted by Crippen LogP contribution is 2.37. The van der Waals surface area contributed by atoms with Crippen LogP contribution >= 0.6 is 12.2 Å². The predicted molar refractivity (Wildman–Crippen MR) is 178 cm³/mol. The predicted octanol–water partition coefficient (Wildman–Crippen LogP) is 6.83. The van der Waals surface area contributed by atoms with E-state index in [-0.39, 0.29) is 18.1 Å². The number of carbonyl (C=O) groups excluding carboxylic acids is 1. The number of pyridine rings is 3. The lowest BCUT2D eigenvalue weighted by atomic mass is 9.82. The average molecular weight is 615 g/mol. The fourth-order valence-electron chi connectivity index (χ4n) is 5.61. The SMILES string of the molecule is CCC1(C(C)CCNc2cccc(-c3ccc4cnc(CNC(=O)c5ccc(C)c(OSN(C)C)c5)cc4n3)n2)CCCO1. The van der Waals surface area contributed by atoms with E-state index in [9.17, 15) is 4.79 Å². The van der Waals surface area contributed by atoms with Crippen molar-refractivity contribution in [3.05, 3.63) is 77.6 Å². The van der Waals surface area contributed by atoms with E-state index >= 15 is 0 Å². The van der Waals surface area contributed by atoms with Crippen LogP contribution in [0.25, 0.3) is 22.3 Å². The number of hydrogen-bond acceptors (Lipinski definition) is 9. The second-order valence-electron chi connectivity index (χ2n) is 11.6. The second-order valence-corrected chi connectivity index (χ2v) is 12.6. The van der Waals surface area contributed by atoms with E-state index in [1.165, 1.54) is 12.2 Å². The van der Waals surface area contributed by atoms with Gasteiger partial charge in [-0.25, -0.2) is 14.3 Å². The minimum absolute atomic E-state index is 0.0205. The molecule has 4 aromatic rings. The topological polar surface area (TPSA) is 102 Å². The van der Waals surface area contributed by atoms with E-state index in [4.69, 9.17) is 18.9 Å². The maximum Gasteiger partial charge on any atom is 0.251 e. The number of fused-ring (bicyclic) bond motifs is 1. The molecular formula is C34H42N6O3S. The summed E-state index contributed by atoms with van der Waals surface area (Å²) in [4.78, 5) is 27.2. The molecule has 1 amide bonds. The Morgan fingerprint density at radius 2 is 1.98 bits per heavy atom. The van der Waals surface area contributed by atoms with Gasteiger partial charge < -0.3 is 19.6 Å². The molecule has 1 aliphatic rings. The van der Waals surface area contributed by atoms with Gasteiger partial charge in [0.05, 0.1) is 34.7 Å². The monoisotopic (exact) mass is 614 g/mol. The third-order valence-corrected chi connectivity index (χ3v) is 8.86. The molecule has 0 bridgehead atoms. The van der Waals surface area contributed by atoms with Crippen molar-refractivity contribution < 1.29 is 13.7 Å². The summed E-state index contributed by atoms with van der Waals surface area (Å²) in [5, 5.41) is 7.39. The van der Waals surface area contributed by atoms with Gasteiger partial charge in [0, 0.05) is 44.4 Å². The zero-order valence-electron chi connectivity index (χ0n) is 26.2. The van der Waals surface area contributed by atoms with Crippen LogP contribution in [-0.4, -0.2) is 58.0 Å². The molecule has 1 aromatic carbocycles. The summed E-state index contributed by atoms with van der Waals surface area (Å²) >= 11 is 1.21. The van der Waals surface area contributed by atoms with Crippen LogP contribution in [0, 0.1) is 12.8 Å². The van der Waals surface area contributed by atoms with Crippen LogP contribution in [0.15, 0.2) is 60.8 Å². The fourth-order valence-corrected chi connectivity index (χ4v) is 6.02. The summed E-state index contributed by atoms with van der Waals surface area (Å²) in [6, 6.07) is 17.3. The molecule has 0 aliphatic carbocycles. The smallest absolute Gasteiger partial charge is 0.251 e. The highest BCUT2D eigenvalue weighted by atomic mass is 32.2. The molecule has 44 heavy (non-hydrogen) atoms. The quantitative estimate of drug-likeness (QED) is 0.124. The molecule has 232 valence electrons. The van der Waals surface area contributed by atoms with Crippen molar-refractivity contribution in [2.24, 2.45) is 5.92 Å². The molecule has 0 saturated carbocycles. The maximum absolute atomic E-state index is 12.9. The van der Waals surface area contributed by atoms with Gasteiger partial charge in [0.2, 0.25) is 0 Å². The minimum Gasteiger partial charge on any atom is -0.409 e. The summed E-state index contributed by atoms with van der Waals surface area (Å²) in [6.07, 6.45) is 6.16. The van der Waals surface area contributed by atoms with Crippen molar-refractivity contribution in [2.45, 2.75) is 58.6 Å². The summed E-state index contributed by atoms with van der Waals surface area (Å²) in [6.45, 7) is 8.47. The van der Waals surface area contributed by atoms with Gasteiger partial charge in [0.25, 0.3) is 5.91 Å². The first-order valence-electron chi connectivity index (χ1n) is 15.3. The number of nitrogens with one attached hydrogen (secondary N) is 2. The summed E-state index contributed by atoms with van der Waals surface area (Å²) in [5.74, 6) is 1.77. The maximum atomic E-state index is 12.9. The Morgan fingerprint density at radius 3 is 2.75 bits per heavy atom. The number of carbonyl (C=O) groups is 1. The Kier molecular flexibility index (Phi) is 10.3. The van der Waals surface area contributed by atoms with Crippen LogP contribution in [0.4, 0.5) is 5.82 Å². The molecule has 0 spiro atoms.